The molecular weight excluding hydrogens is 358 g/mol. The second-order valence-electron chi connectivity index (χ2n) is 6.33. The van der Waals surface area contributed by atoms with Crippen LogP contribution in [-0.4, -0.2) is 15.4 Å². The van der Waals surface area contributed by atoms with Gasteiger partial charge in [-0.3, -0.25) is 24.3 Å². The molecule has 0 saturated carbocycles. The van der Waals surface area contributed by atoms with Gasteiger partial charge in [-0.05, 0) is 17.5 Å². The Bertz CT molecular complexity index is 1020. The van der Waals surface area contributed by atoms with Crippen molar-refractivity contribution in [1.82, 2.24) is 9.88 Å². The Morgan fingerprint density at radius 3 is 2.29 bits per heavy atom. The third kappa shape index (κ3) is 4.91. The molecule has 142 valence electrons. The molecule has 28 heavy (non-hydrogen) atoms. The molecule has 0 bridgehead atoms. The fourth-order valence-corrected chi connectivity index (χ4v) is 2.93. The highest BCUT2D eigenvalue weighted by molar-refractivity contribution is 5.76. The highest BCUT2D eigenvalue weighted by Gasteiger charge is 2.17. The number of carbonyl (C=O) groups excluding carboxylic acids is 1. The monoisotopic (exact) mass is 377 g/mol. The molecule has 0 radical (unpaired) electrons. The molecule has 0 aliphatic rings. The second-order valence-corrected chi connectivity index (χ2v) is 6.33. The number of nitrogens with zero attached hydrogens (tertiary/aromatic N) is 2. The van der Waals surface area contributed by atoms with Crippen LogP contribution in [-0.2, 0) is 17.8 Å². The van der Waals surface area contributed by atoms with Crippen LogP contribution in [0.4, 0.5) is 5.69 Å². The Kier molecular flexibility index (Phi) is 5.96. The van der Waals surface area contributed by atoms with Gasteiger partial charge in [0, 0.05) is 12.1 Å². The van der Waals surface area contributed by atoms with Crippen LogP contribution in [0.2, 0.25) is 0 Å². The number of benzene rings is 2. The topological polar surface area (TPSA) is 94.2 Å². The van der Waals surface area contributed by atoms with E-state index >= 15 is 0 Å². The minimum absolute atomic E-state index is 0.240. The van der Waals surface area contributed by atoms with Gasteiger partial charge >= 0.3 is 0 Å². The van der Waals surface area contributed by atoms with Crippen LogP contribution in [0.3, 0.4) is 0 Å². The number of pyridine rings is 1. The Morgan fingerprint density at radius 1 is 1.00 bits per heavy atom. The maximum absolute atomic E-state index is 12.6. The number of carbonyl (C=O) groups is 1. The van der Waals surface area contributed by atoms with Crippen LogP contribution in [0.5, 0.6) is 0 Å². The van der Waals surface area contributed by atoms with Gasteiger partial charge in [-0.15, -0.1) is 0 Å². The van der Waals surface area contributed by atoms with Gasteiger partial charge in [-0.1, -0.05) is 60.7 Å². The van der Waals surface area contributed by atoms with Crippen molar-refractivity contribution in [3.8, 4) is 0 Å². The summed E-state index contributed by atoms with van der Waals surface area (Å²) in [4.78, 5) is 34.8. The van der Waals surface area contributed by atoms with Crippen molar-refractivity contribution in [3.63, 3.8) is 0 Å². The average molecular weight is 377 g/mol. The summed E-state index contributed by atoms with van der Waals surface area (Å²) in [7, 11) is 0. The predicted octanol–water partition coefficient (Wildman–Crippen LogP) is 2.86. The second kappa shape index (κ2) is 8.77. The number of nitro groups is 1. The normalized spacial score (nSPS) is 11.6. The fourth-order valence-electron chi connectivity index (χ4n) is 2.93. The van der Waals surface area contributed by atoms with E-state index in [1.165, 1.54) is 0 Å². The molecule has 1 heterocycles. The summed E-state index contributed by atoms with van der Waals surface area (Å²) in [5.74, 6) is -0.396. The van der Waals surface area contributed by atoms with Gasteiger partial charge in [0.15, 0.2) is 0 Å². The van der Waals surface area contributed by atoms with E-state index in [-0.39, 0.29) is 18.3 Å². The lowest BCUT2D eigenvalue weighted by Gasteiger charge is -2.20. The van der Waals surface area contributed by atoms with Crippen molar-refractivity contribution in [2.24, 2.45) is 0 Å². The zero-order valence-corrected chi connectivity index (χ0v) is 15.0. The van der Waals surface area contributed by atoms with E-state index < -0.39 is 16.4 Å². The molecule has 1 atom stereocenters. The molecule has 7 nitrogen and oxygen atoms in total. The summed E-state index contributed by atoms with van der Waals surface area (Å²) in [6.45, 7) is -0.293. The molecule has 2 aromatic carbocycles. The lowest BCUT2D eigenvalue weighted by atomic mass is 9.99. The average Bonchev–Trinajstić information content (AvgIpc) is 2.70. The molecule has 1 N–H and O–H groups in total. The third-order valence-electron chi connectivity index (χ3n) is 4.31. The quantitative estimate of drug-likeness (QED) is 0.506. The first-order valence-electron chi connectivity index (χ1n) is 8.76. The number of hydrogen-bond donors (Lipinski definition) is 1. The van der Waals surface area contributed by atoms with Gasteiger partial charge in [0.25, 0.3) is 11.2 Å². The summed E-state index contributed by atoms with van der Waals surface area (Å²) in [5.41, 5.74) is 1.28. The molecule has 0 aliphatic carbocycles. The van der Waals surface area contributed by atoms with Crippen molar-refractivity contribution in [2.75, 3.05) is 0 Å². The molecule has 3 aromatic rings. The summed E-state index contributed by atoms with van der Waals surface area (Å²) < 4.78 is 1.04. The largest absolute Gasteiger partial charge is 0.347 e. The van der Waals surface area contributed by atoms with Gasteiger partial charge in [0.1, 0.15) is 6.54 Å². The third-order valence-corrected chi connectivity index (χ3v) is 4.31. The van der Waals surface area contributed by atoms with Crippen molar-refractivity contribution < 1.29 is 9.72 Å². The van der Waals surface area contributed by atoms with Gasteiger partial charge in [-0.2, -0.15) is 0 Å². The maximum atomic E-state index is 12.6. The summed E-state index contributed by atoms with van der Waals surface area (Å²) in [6.07, 6.45) is 1.66. The first kappa shape index (κ1) is 19.0. The van der Waals surface area contributed by atoms with Gasteiger partial charge in [0.05, 0.1) is 17.2 Å². The molecule has 0 spiro atoms. The Morgan fingerprint density at radius 2 is 1.64 bits per heavy atom. The number of rotatable bonds is 7. The lowest BCUT2D eigenvalue weighted by Crippen LogP contribution is -2.35. The zero-order valence-electron chi connectivity index (χ0n) is 15.0. The van der Waals surface area contributed by atoms with E-state index in [0.717, 1.165) is 34.0 Å². The van der Waals surface area contributed by atoms with Crippen LogP contribution < -0.4 is 10.9 Å². The SMILES string of the molecule is O=C(Cn1cc([N+](=O)[O-])ccc1=O)NC(Cc1ccccc1)c1ccccc1. The molecule has 0 saturated heterocycles. The smallest absolute Gasteiger partial charge is 0.285 e. The van der Waals surface area contributed by atoms with Crippen molar-refractivity contribution in [1.29, 1.82) is 0 Å². The highest BCUT2D eigenvalue weighted by Crippen LogP contribution is 2.18. The van der Waals surface area contributed by atoms with E-state index in [1.54, 1.807) is 0 Å². The van der Waals surface area contributed by atoms with Gasteiger partial charge < -0.3 is 5.32 Å². The molecule has 1 aromatic heterocycles. The van der Waals surface area contributed by atoms with Crippen LogP contribution in [0, 0.1) is 10.1 Å². The minimum atomic E-state index is -0.601. The molecule has 3 rings (SSSR count). The molecule has 0 fully saturated rings. The number of nitrogens with one attached hydrogen (secondary N) is 1. The Balaban J connectivity index is 1.79. The molecule has 7 heteroatoms. The number of amides is 1. The Hall–Kier alpha value is -3.74. The lowest BCUT2D eigenvalue weighted by molar-refractivity contribution is -0.385. The number of aromatic nitrogens is 1. The standard InChI is InChI=1S/C21H19N3O4/c25-20(15-23-14-18(24(27)28)11-12-21(23)26)22-19(17-9-5-2-6-10-17)13-16-7-3-1-4-8-16/h1-12,14,19H,13,15H2,(H,22,25). The van der Waals surface area contributed by atoms with Crippen LogP contribution >= 0.6 is 0 Å². The Labute approximate surface area is 161 Å². The van der Waals surface area contributed by atoms with Gasteiger partial charge in [0.2, 0.25) is 5.91 Å². The molecule has 0 aliphatic heterocycles. The first-order valence-corrected chi connectivity index (χ1v) is 8.76. The highest BCUT2D eigenvalue weighted by atomic mass is 16.6. The van der Waals surface area contributed by atoms with Crippen molar-refractivity contribution in [3.05, 3.63) is 111 Å². The van der Waals surface area contributed by atoms with E-state index in [9.17, 15) is 19.7 Å². The van der Waals surface area contributed by atoms with Crippen LogP contribution in [0.15, 0.2) is 83.8 Å². The van der Waals surface area contributed by atoms with E-state index in [0.29, 0.717) is 6.42 Å². The number of hydrogen-bond acceptors (Lipinski definition) is 4. The predicted molar refractivity (Wildman–Crippen MR) is 105 cm³/mol. The van der Waals surface area contributed by atoms with Crippen LogP contribution in [0.25, 0.3) is 0 Å². The minimum Gasteiger partial charge on any atom is -0.347 e. The summed E-state index contributed by atoms with van der Waals surface area (Å²) in [6, 6.07) is 21.2. The van der Waals surface area contributed by atoms with Crippen molar-refractivity contribution >= 4 is 11.6 Å². The summed E-state index contributed by atoms with van der Waals surface area (Å²) in [5, 5.41) is 13.8. The first-order chi connectivity index (χ1) is 13.5. The van der Waals surface area contributed by atoms with E-state index in [4.69, 9.17) is 0 Å². The summed E-state index contributed by atoms with van der Waals surface area (Å²) >= 11 is 0. The van der Waals surface area contributed by atoms with Crippen molar-refractivity contribution in [2.45, 2.75) is 19.0 Å². The van der Waals surface area contributed by atoms with E-state index in [2.05, 4.69) is 5.32 Å². The zero-order chi connectivity index (χ0) is 19.9. The molecule has 1 unspecified atom stereocenters. The van der Waals surface area contributed by atoms with E-state index in [1.807, 2.05) is 60.7 Å². The molecular formula is C21H19N3O4. The maximum Gasteiger partial charge on any atom is 0.285 e. The molecule has 1 amide bonds. The van der Waals surface area contributed by atoms with Gasteiger partial charge in [-0.25, -0.2) is 0 Å². The fraction of sp³-hybridized carbons (Fsp3) is 0.143. The van der Waals surface area contributed by atoms with Crippen LogP contribution in [0.1, 0.15) is 17.2 Å².